The summed E-state index contributed by atoms with van der Waals surface area (Å²) >= 11 is 7.66. The van der Waals surface area contributed by atoms with Crippen molar-refractivity contribution in [2.45, 2.75) is 10.6 Å². The second-order valence-corrected chi connectivity index (χ2v) is 5.67. The summed E-state index contributed by atoms with van der Waals surface area (Å²) in [4.78, 5) is 9.31. The summed E-state index contributed by atoms with van der Waals surface area (Å²) < 4.78 is 5.22. The highest BCUT2D eigenvalue weighted by molar-refractivity contribution is 7.98. The molecule has 3 rings (SSSR count). The van der Waals surface area contributed by atoms with Crippen LogP contribution >= 0.6 is 23.4 Å². The van der Waals surface area contributed by atoms with Crippen molar-refractivity contribution >= 4 is 29.1 Å². The van der Waals surface area contributed by atoms with E-state index in [9.17, 15) is 0 Å². The van der Waals surface area contributed by atoms with E-state index in [-0.39, 0.29) is 0 Å². The van der Waals surface area contributed by atoms with Gasteiger partial charge in [-0.2, -0.15) is 4.98 Å². The fraction of sp³-hybridized carbons (Fsp3) is 0.0714. The highest BCUT2D eigenvalue weighted by Gasteiger charge is 2.10. The summed E-state index contributed by atoms with van der Waals surface area (Å²) in [7, 11) is 0. The molecule has 5 nitrogen and oxygen atoms in total. The minimum Gasteiger partial charge on any atom is -0.397 e. The zero-order valence-electron chi connectivity index (χ0n) is 10.9. The quantitative estimate of drug-likeness (QED) is 0.740. The molecule has 0 fully saturated rings. The lowest BCUT2D eigenvalue weighted by atomic mass is 10.2. The number of anilines is 1. The number of nitrogen functional groups attached to an aromatic ring is 1. The molecule has 7 heteroatoms. The smallest absolute Gasteiger partial charge is 0.259 e. The number of nitrogens with zero attached hydrogens (tertiary/aromatic N) is 3. The zero-order valence-corrected chi connectivity index (χ0v) is 12.4. The van der Waals surface area contributed by atoms with Gasteiger partial charge < -0.3 is 10.3 Å². The van der Waals surface area contributed by atoms with Gasteiger partial charge in [0, 0.05) is 17.3 Å². The highest BCUT2D eigenvalue weighted by Crippen LogP contribution is 2.29. The van der Waals surface area contributed by atoms with Crippen LogP contribution in [-0.4, -0.2) is 15.1 Å². The maximum Gasteiger partial charge on any atom is 0.259 e. The lowest BCUT2D eigenvalue weighted by molar-refractivity contribution is 0.425. The van der Waals surface area contributed by atoms with Crippen molar-refractivity contribution in [2.24, 2.45) is 0 Å². The summed E-state index contributed by atoms with van der Waals surface area (Å²) in [6.45, 7) is 0. The van der Waals surface area contributed by atoms with E-state index < -0.39 is 0 Å². The zero-order chi connectivity index (χ0) is 14.7. The fourth-order valence-corrected chi connectivity index (χ4v) is 2.79. The Morgan fingerprint density at radius 2 is 2.10 bits per heavy atom. The summed E-state index contributed by atoms with van der Waals surface area (Å²) in [5, 5.41) is 4.66. The number of nitrogens with two attached hydrogens (primary N) is 1. The van der Waals surface area contributed by atoms with Crippen molar-refractivity contribution in [3.05, 3.63) is 53.6 Å². The average molecular weight is 319 g/mol. The summed E-state index contributed by atoms with van der Waals surface area (Å²) in [6.07, 6.45) is 3.20. The topological polar surface area (TPSA) is 77.8 Å². The molecule has 2 heterocycles. The Labute approximate surface area is 130 Å². The molecule has 0 unspecified atom stereocenters. The average Bonchev–Trinajstić information content (AvgIpc) is 2.95. The van der Waals surface area contributed by atoms with E-state index in [1.165, 1.54) is 0 Å². The molecule has 0 saturated carbocycles. The predicted octanol–water partition coefficient (Wildman–Crippen LogP) is 3.66. The van der Waals surface area contributed by atoms with E-state index in [0.29, 0.717) is 33.7 Å². The van der Waals surface area contributed by atoms with Crippen LogP contribution in [0, 0.1) is 0 Å². The summed E-state index contributed by atoms with van der Waals surface area (Å²) in [6, 6.07) is 9.38. The van der Waals surface area contributed by atoms with Gasteiger partial charge in [-0.3, -0.25) is 4.98 Å². The van der Waals surface area contributed by atoms with Gasteiger partial charge in [0.25, 0.3) is 5.89 Å². The molecule has 0 amide bonds. The SMILES string of the molecule is Nc1cncc(-c2nc(CSc3ccccc3Cl)no2)c1. The van der Waals surface area contributed by atoms with Gasteiger partial charge in [-0.15, -0.1) is 11.8 Å². The van der Waals surface area contributed by atoms with Crippen LogP contribution in [0.4, 0.5) is 5.69 Å². The second kappa shape index (κ2) is 6.15. The molecule has 0 bridgehead atoms. The molecule has 0 aliphatic heterocycles. The Morgan fingerprint density at radius 3 is 2.90 bits per heavy atom. The van der Waals surface area contributed by atoms with Crippen molar-refractivity contribution in [2.75, 3.05) is 5.73 Å². The van der Waals surface area contributed by atoms with Crippen molar-refractivity contribution < 1.29 is 4.52 Å². The van der Waals surface area contributed by atoms with E-state index in [4.69, 9.17) is 21.9 Å². The van der Waals surface area contributed by atoms with Crippen LogP contribution in [0.25, 0.3) is 11.5 Å². The van der Waals surface area contributed by atoms with E-state index in [0.717, 1.165) is 4.90 Å². The lowest BCUT2D eigenvalue weighted by Gasteiger charge is -2.00. The van der Waals surface area contributed by atoms with Gasteiger partial charge in [-0.05, 0) is 18.2 Å². The summed E-state index contributed by atoms with van der Waals surface area (Å²) in [5.74, 6) is 1.57. The first-order chi connectivity index (χ1) is 10.2. The number of halogens is 1. The summed E-state index contributed by atoms with van der Waals surface area (Å²) in [5.41, 5.74) is 6.94. The Morgan fingerprint density at radius 1 is 1.24 bits per heavy atom. The van der Waals surface area contributed by atoms with Gasteiger partial charge in [0.1, 0.15) is 0 Å². The second-order valence-electron chi connectivity index (χ2n) is 4.24. The maximum absolute atomic E-state index is 6.10. The first kappa shape index (κ1) is 13.9. The monoisotopic (exact) mass is 318 g/mol. The van der Waals surface area contributed by atoms with Gasteiger partial charge in [-0.1, -0.05) is 28.9 Å². The van der Waals surface area contributed by atoms with Crippen LogP contribution < -0.4 is 5.73 Å². The van der Waals surface area contributed by atoms with Crippen LogP contribution in [0.5, 0.6) is 0 Å². The van der Waals surface area contributed by atoms with Crippen LogP contribution in [0.1, 0.15) is 5.82 Å². The molecule has 1 aromatic carbocycles. The minimum absolute atomic E-state index is 0.407. The molecule has 0 spiro atoms. The molecule has 106 valence electrons. The predicted molar refractivity (Wildman–Crippen MR) is 83.0 cm³/mol. The van der Waals surface area contributed by atoms with E-state index >= 15 is 0 Å². The molecule has 2 aromatic heterocycles. The molecule has 0 aliphatic carbocycles. The van der Waals surface area contributed by atoms with Crippen molar-refractivity contribution in [1.29, 1.82) is 0 Å². The molecule has 0 atom stereocenters. The van der Waals surface area contributed by atoms with Gasteiger partial charge in [-0.25, -0.2) is 0 Å². The molecular weight excluding hydrogens is 308 g/mol. The van der Waals surface area contributed by atoms with Crippen molar-refractivity contribution in [3.8, 4) is 11.5 Å². The third-order valence-electron chi connectivity index (χ3n) is 2.67. The molecule has 0 aliphatic rings. The molecule has 0 saturated heterocycles. The largest absolute Gasteiger partial charge is 0.397 e. The number of thioether (sulfide) groups is 1. The molecule has 3 aromatic rings. The van der Waals surface area contributed by atoms with Gasteiger partial charge in [0.15, 0.2) is 5.82 Å². The molecule has 21 heavy (non-hydrogen) atoms. The first-order valence-electron chi connectivity index (χ1n) is 6.13. The Kier molecular flexibility index (Phi) is 4.08. The van der Waals surface area contributed by atoms with Gasteiger partial charge in [0.2, 0.25) is 0 Å². The van der Waals surface area contributed by atoms with E-state index in [2.05, 4.69) is 15.1 Å². The maximum atomic E-state index is 6.10. The number of rotatable bonds is 4. The fourth-order valence-electron chi connectivity index (χ4n) is 1.71. The Hall–Kier alpha value is -2.05. The lowest BCUT2D eigenvalue weighted by Crippen LogP contribution is -1.88. The van der Waals surface area contributed by atoms with Gasteiger partial charge in [0.05, 0.1) is 22.0 Å². The highest BCUT2D eigenvalue weighted by atomic mass is 35.5. The standard InChI is InChI=1S/C14H11ClN4OS/c15-11-3-1-2-4-12(11)21-8-13-18-14(20-19-13)9-5-10(16)7-17-6-9/h1-7H,8,16H2. The number of hydrogen-bond donors (Lipinski definition) is 1. The third kappa shape index (κ3) is 3.34. The molecule has 2 N–H and O–H groups in total. The van der Waals surface area contributed by atoms with Crippen LogP contribution in [0.2, 0.25) is 5.02 Å². The van der Waals surface area contributed by atoms with Gasteiger partial charge >= 0.3 is 0 Å². The molecule has 0 radical (unpaired) electrons. The Balaban J connectivity index is 1.72. The van der Waals surface area contributed by atoms with Crippen LogP contribution in [0.3, 0.4) is 0 Å². The normalized spacial score (nSPS) is 10.7. The van der Waals surface area contributed by atoms with Crippen molar-refractivity contribution in [1.82, 2.24) is 15.1 Å². The van der Waals surface area contributed by atoms with Crippen LogP contribution in [-0.2, 0) is 5.75 Å². The van der Waals surface area contributed by atoms with Crippen molar-refractivity contribution in [3.63, 3.8) is 0 Å². The van der Waals surface area contributed by atoms with Crippen LogP contribution in [0.15, 0.2) is 52.1 Å². The number of aromatic nitrogens is 3. The number of hydrogen-bond acceptors (Lipinski definition) is 6. The van der Waals surface area contributed by atoms with E-state index in [1.54, 1.807) is 30.2 Å². The molecular formula is C14H11ClN4OS. The third-order valence-corrected chi connectivity index (χ3v) is 4.18. The number of benzene rings is 1. The number of pyridine rings is 1. The minimum atomic E-state index is 0.407. The first-order valence-corrected chi connectivity index (χ1v) is 7.49. The Bertz CT molecular complexity index is 762. The van der Waals surface area contributed by atoms with E-state index in [1.807, 2.05) is 24.3 Å².